The Bertz CT molecular complexity index is 1000. The van der Waals surface area contributed by atoms with Crippen molar-refractivity contribution in [2.75, 3.05) is 5.75 Å². The lowest BCUT2D eigenvalue weighted by molar-refractivity contribution is -0.141. The van der Waals surface area contributed by atoms with Crippen molar-refractivity contribution in [2.45, 2.75) is 24.4 Å². The molecule has 2 aromatic heterocycles. The zero-order valence-corrected chi connectivity index (χ0v) is 14.8. The molecule has 134 valence electrons. The second-order valence-corrected chi connectivity index (χ2v) is 6.83. The molecule has 0 radical (unpaired) electrons. The van der Waals surface area contributed by atoms with Crippen LogP contribution in [0.4, 0.5) is 13.2 Å². The Hall–Kier alpha value is -2.60. The van der Waals surface area contributed by atoms with Crippen LogP contribution in [0.15, 0.2) is 29.2 Å². The number of halogens is 3. The summed E-state index contributed by atoms with van der Waals surface area (Å²) < 4.78 is 40.2. The maximum atomic E-state index is 12.9. The summed E-state index contributed by atoms with van der Waals surface area (Å²) in [6.07, 6.45) is -4.28. The fraction of sp³-hybridized carbons (Fsp3) is 0.294. The predicted molar refractivity (Wildman–Crippen MR) is 92.5 cm³/mol. The Morgan fingerprint density at radius 1 is 1.23 bits per heavy atom. The summed E-state index contributed by atoms with van der Waals surface area (Å²) in [6.45, 7) is 2.00. The van der Waals surface area contributed by atoms with Crippen LogP contribution in [-0.4, -0.2) is 25.5 Å². The molecular formula is C17H14F3N5S. The Labute approximate surface area is 151 Å². The summed E-state index contributed by atoms with van der Waals surface area (Å²) in [5.74, 6) is 1.32. The minimum Gasteiger partial charge on any atom is -0.310 e. The summed E-state index contributed by atoms with van der Waals surface area (Å²) in [4.78, 5) is 5.28. The van der Waals surface area contributed by atoms with E-state index < -0.39 is 11.9 Å². The summed E-state index contributed by atoms with van der Waals surface area (Å²) >= 11 is 1.58. The lowest BCUT2D eigenvalue weighted by atomic mass is 10.1. The SMILES string of the molecule is CCSc1cc(CC#N)ccc1-c1nc2cc(C(F)(F)F)nnc2n1C. The third-order valence-electron chi connectivity index (χ3n) is 3.78. The number of nitrogens with zero attached hydrogens (tertiary/aromatic N) is 5. The van der Waals surface area contributed by atoms with Gasteiger partial charge >= 0.3 is 6.18 Å². The number of hydrogen-bond donors (Lipinski definition) is 0. The number of benzene rings is 1. The normalized spacial score (nSPS) is 11.7. The van der Waals surface area contributed by atoms with E-state index in [9.17, 15) is 13.2 Å². The topological polar surface area (TPSA) is 67.4 Å². The largest absolute Gasteiger partial charge is 0.435 e. The molecule has 0 N–H and O–H groups in total. The Morgan fingerprint density at radius 3 is 2.65 bits per heavy atom. The van der Waals surface area contributed by atoms with Gasteiger partial charge in [0.15, 0.2) is 11.3 Å². The second-order valence-electron chi connectivity index (χ2n) is 5.53. The molecule has 3 rings (SSSR count). The van der Waals surface area contributed by atoms with Gasteiger partial charge in [0.2, 0.25) is 0 Å². The molecule has 1 aromatic carbocycles. The monoisotopic (exact) mass is 377 g/mol. The smallest absolute Gasteiger partial charge is 0.310 e. The number of hydrogen-bond acceptors (Lipinski definition) is 5. The third-order valence-corrected chi connectivity index (χ3v) is 4.71. The van der Waals surface area contributed by atoms with E-state index in [1.807, 2.05) is 25.1 Å². The van der Waals surface area contributed by atoms with Crippen molar-refractivity contribution in [3.8, 4) is 17.5 Å². The van der Waals surface area contributed by atoms with Crippen LogP contribution in [-0.2, 0) is 19.6 Å². The molecule has 0 atom stereocenters. The molecule has 0 aliphatic carbocycles. The van der Waals surface area contributed by atoms with E-state index in [4.69, 9.17) is 5.26 Å². The number of fused-ring (bicyclic) bond motifs is 1. The predicted octanol–water partition coefficient (Wildman–Crippen LogP) is 4.23. The summed E-state index contributed by atoms with van der Waals surface area (Å²) in [5, 5.41) is 15.8. The molecule has 0 bridgehead atoms. The Morgan fingerprint density at radius 2 is 2.00 bits per heavy atom. The summed E-state index contributed by atoms with van der Waals surface area (Å²) in [7, 11) is 1.69. The molecule has 0 aliphatic heterocycles. The first-order chi connectivity index (χ1) is 12.3. The molecule has 9 heteroatoms. The number of rotatable bonds is 4. The second kappa shape index (κ2) is 6.96. The zero-order valence-electron chi connectivity index (χ0n) is 14.0. The lowest BCUT2D eigenvalue weighted by Crippen LogP contribution is -2.09. The summed E-state index contributed by atoms with van der Waals surface area (Å²) in [5.41, 5.74) is 1.01. The average molecular weight is 377 g/mol. The van der Waals surface area contributed by atoms with E-state index in [0.717, 1.165) is 27.8 Å². The van der Waals surface area contributed by atoms with Crippen LogP contribution in [0.2, 0.25) is 0 Å². The van der Waals surface area contributed by atoms with Gasteiger partial charge in [-0.15, -0.1) is 22.0 Å². The molecule has 0 fully saturated rings. The van der Waals surface area contributed by atoms with Crippen LogP contribution in [0.3, 0.4) is 0 Å². The standard InChI is InChI=1S/C17H14F3N5S/c1-3-26-13-8-10(6-7-21)4-5-11(13)15-22-12-9-14(17(18,19)20)23-24-16(12)25(15)2/h4-5,8-9H,3,6H2,1-2H3. The highest BCUT2D eigenvalue weighted by Crippen LogP contribution is 2.34. The first-order valence-corrected chi connectivity index (χ1v) is 8.74. The number of imidazole rings is 1. The van der Waals surface area contributed by atoms with Crippen LogP contribution < -0.4 is 0 Å². The van der Waals surface area contributed by atoms with Crippen molar-refractivity contribution in [2.24, 2.45) is 7.05 Å². The molecule has 0 saturated carbocycles. The number of nitriles is 1. The van der Waals surface area contributed by atoms with Gasteiger partial charge in [0.1, 0.15) is 11.3 Å². The highest BCUT2D eigenvalue weighted by atomic mass is 32.2. The maximum absolute atomic E-state index is 12.9. The molecular weight excluding hydrogens is 363 g/mol. The minimum absolute atomic E-state index is 0.137. The average Bonchev–Trinajstić information content (AvgIpc) is 2.91. The van der Waals surface area contributed by atoms with Crippen molar-refractivity contribution in [1.29, 1.82) is 5.26 Å². The van der Waals surface area contributed by atoms with Gasteiger partial charge in [0.05, 0.1) is 12.5 Å². The molecule has 0 amide bonds. The maximum Gasteiger partial charge on any atom is 0.435 e. The van der Waals surface area contributed by atoms with Gasteiger partial charge < -0.3 is 4.57 Å². The zero-order chi connectivity index (χ0) is 18.9. The van der Waals surface area contributed by atoms with Crippen LogP contribution in [0.1, 0.15) is 18.2 Å². The van der Waals surface area contributed by atoms with Gasteiger partial charge in [-0.05, 0) is 23.4 Å². The van der Waals surface area contributed by atoms with Crippen LogP contribution >= 0.6 is 11.8 Å². The van der Waals surface area contributed by atoms with Crippen molar-refractivity contribution in [3.63, 3.8) is 0 Å². The van der Waals surface area contributed by atoms with E-state index >= 15 is 0 Å². The molecule has 0 unspecified atom stereocenters. The first-order valence-electron chi connectivity index (χ1n) is 7.75. The quantitative estimate of drug-likeness (QED) is 0.637. The number of alkyl halides is 3. The van der Waals surface area contributed by atoms with Gasteiger partial charge in [-0.2, -0.15) is 18.4 Å². The van der Waals surface area contributed by atoms with E-state index in [1.54, 1.807) is 23.4 Å². The van der Waals surface area contributed by atoms with Gasteiger partial charge in [0.25, 0.3) is 0 Å². The molecule has 2 heterocycles. The third kappa shape index (κ3) is 3.37. The van der Waals surface area contributed by atoms with Gasteiger partial charge in [-0.1, -0.05) is 13.0 Å². The fourth-order valence-electron chi connectivity index (χ4n) is 2.59. The molecule has 0 saturated heterocycles. The van der Waals surface area contributed by atoms with Crippen molar-refractivity contribution in [1.82, 2.24) is 19.7 Å². The molecule has 3 aromatic rings. The number of thioether (sulfide) groups is 1. The Kier molecular flexibility index (Phi) is 4.87. The lowest BCUT2D eigenvalue weighted by Gasteiger charge is -2.10. The van der Waals surface area contributed by atoms with Crippen molar-refractivity contribution in [3.05, 3.63) is 35.5 Å². The van der Waals surface area contributed by atoms with Crippen LogP contribution in [0.5, 0.6) is 0 Å². The Balaban J connectivity index is 2.16. The molecule has 0 aliphatic rings. The van der Waals surface area contributed by atoms with Gasteiger partial charge in [-0.3, -0.25) is 0 Å². The number of aromatic nitrogens is 4. The van der Waals surface area contributed by atoms with E-state index in [-0.39, 0.29) is 11.2 Å². The molecule has 26 heavy (non-hydrogen) atoms. The van der Waals surface area contributed by atoms with Gasteiger partial charge in [0, 0.05) is 23.6 Å². The van der Waals surface area contributed by atoms with E-state index in [0.29, 0.717) is 12.2 Å². The number of aryl methyl sites for hydroxylation is 1. The fourth-order valence-corrected chi connectivity index (χ4v) is 3.45. The summed E-state index contributed by atoms with van der Waals surface area (Å²) in [6, 6.07) is 8.59. The van der Waals surface area contributed by atoms with Crippen molar-refractivity contribution < 1.29 is 13.2 Å². The van der Waals surface area contributed by atoms with Crippen molar-refractivity contribution >= 4 is 22.9 Å². The highest BCUT2D eigenvalue weighted by Gasteiger charge is 2.34. The van der Waals surface area contributed by atoms with Gasteiger partial charge in [-0.25, -0.2) is 4.98 Å². The van der Waals surface area contributed by atoms with Crippen LogP contribution in [0, 0.1) is 11.3 Å². The minimum atomic E-state index is -4.57. The molecule has 0 spiro atoms. The molecule has 5 nitrogen and oxygen atoms in total. The van der Waals surface area contributed by atoms with E-state index in [2.05, 4.69) is 21.3 Å². The first kappa shape index (κ1) is 18.2. The van der Waals surface area contributed by atoms with Crippen LogP contribution in [0.25, 0.3) is 22.6 Å². The highest BCUT2D eigenvalue weighted by molar-refractivity contribution is 7.99. The van der Waals surface area contributed by atoms with E-state index in [1.165, 1.54) is 0 Å².